The summed E-state index contributed by atoms with van der Waals surface area (Å²) in [6.07, 6.45) is 5.81. The van der Waals surface area contributed by atoms with E-state index in [4.69, 9.17) is 19.3 Å². The van der Waals surface area contributed by atoms with E-state index in [1.165, 1.54) is 6.08 Å². The second-order valence-corrected chi connectivity index (χ2v) is 3.51. The van der Waals surface area contributed by atoms with Crippen LogP contribution in [0, 0.1) is 0 Å². The number of hydrogen-bond acceptors (Lipinski definition) is 4. The maximum atomic E-state index is 10.3. The molecule has 0 atom stereocenters. The largest absolute Gasteiger partial charge is 0.496 e. The number of benzene rings is 1. The van der Waals surface area contributed by atoms with Gasteiger partial charge in [0.1, 0.15) is 5.75 Å². The standard InChI is InChI=1S/C14H16O5/c1-17-11-9-13(19-3)12(18-2)8-10(11)6-4-5-7-14(15)16/h4-9H,1-3H3,(H,15,16). The van der Waals surface area contributed by atoms with Crippen molar-refractivity contribution in [2.45, 2.75) is 0 Å². The summed E-state index contributed by atoms with van der Waals surface area (Å²) in [5.41, 5.74) is 0.759. The van der Waals surface area contributed by atoms with Gasteiger partial charge in [0.2, 0.25) is 0 Å². The van der Waals surface area contributed by atoms with Gasteiger partial charge in [0.05, 0.1) is 21.3 Å². The van der Waals surface area contributed by atoms with E-state index in [9.17, 15) is 4.79 Å². The number of carbonyl (C=O) groups is 1. The highest BCUT2D eigenvalue weighted by Gasteiger charge is 2.09. The molecular formula is C14H16O5. The molecule has 0 radical (unpaired) electrons. The quantitative estimate of drug-likeness (QED) is 0.631. The number of ether oxygens (including phenoxy) is 3. The molecule has 1 aromatic rings. The predicted octanol–water partition coefficient (Wildman–Crippen LogP) is 2.37. The van der Waals surface area contributed by atoms with Crippen LogP contribution >= 0.6 is 0 Å². The number of carboxylic acids is 1. The summed E-state index contributed by atoms with van der Waals surface area (Å²) in [6, 6.07) is 3.46. The monoisotopic (exact) mass is 264 g/mol. The molecule has 0 heterocycles. The second-order valence-electron chi connectivity index (χ2n) is 3.51. The zero-order valence-corrected chi connectivity index (χ0v) is 11.0. The van der Waals surface area contributed by atoms with E-state index in [1.54, 1.807) is 45.6 Å². The molecule has 0 aliphatic heterocycles. The Kier molecular flexibility index (Phi) is 5.47. The Labute approximate surface area is 111 Å². The fourth-order valence-electron chi connectivity index (χ4n) is 1.48. The summed E-state index contributed by atoms with van der Waals surface area (Å²) in [5.74, 6) is 0.754. The van der Waals surface area contributed by atoms with E-state index >= 15 is 0 Å². The lowest BCUT2D eigenvalue weighted by Gasteiger charge is -2.11. The van der Waals surface area contributed by atoms with Crippen LogP contribution in [0.4, 0.5) is 0 Å². The molecule has 0 aliphatic carbocycles. The van der Waals surface area contributed by atoms with Crippen molar-refractivity contribution in [3.8, 4) is 17.2 Å². The molecule has 0 unspecified atom stereocenters. The van der Waals surface area contributed by atoms with Gasteiger partial charge in [0.15, 0.2) is 11.5 Å². The fraction of sp³-hybridized carbons (Fsp3) is 0.214. The van der Waals surface area contributed by atoms with Crippen LogP contribution in [0.2, 0.25) is 0 Å². The molecule has 0 saturated carbocycles. The molecule has 1 N–H and O–H groups in total. The van der Waals surface area contributed by atoms with Crippen molar-refractivity contribution in [3.05, 3.63) is 35.9 Å². The van der Waals surface area contributed by atoms with Crippen LogP contribution in [-0.4, -0.2) is 32.4 Å². The zero-order valence-electron chi connectivity index (χ0n) is 11.0. The lowest BCUT2D eigenvalue weighted by Crippen LogP contribution is -1.94. The van der Waals surface area contributed by atoms with Crippen molar-refractivity contribution in [3.63, 3.8) is 0 Å². The molecule has 102 valence electrons. The predicted molar refractivity (Wildman–Crippen MR) is 71.9 cm³/mol. The summed E-state index contributed by atoms with van der Waals surface area (Å²) in [6.45, 7) is 0. The average molecular weight is 264 g/mol. The molecule has 1 aromatic carbocycles. The van der Waals surface area contributed by atoms with E-state index < -0.39 is 5.97 Å². The normalized spacial score (nSPS) is 10.9. The SMILES string of the molecule is COc1cc(OC)c(OC)cc1C=CC=CC(=O)O. The Morgan fingerprint density at radius 3 is 2.11 bits per heavy atom. The summed E-state index contributed by atoms with van der Waals surface area (Å²) in [5, 5.41) is 8.48. The zero-order chi connectivity index (χ0) is 14.3. The lowest BCUT2D eigenvalue weighted by molar-refractivity contribution is -0.131. The van der Waals surface area contributed by atoms with Gasteiger partial charge in [0, 0.05) is 17.7 Å². The molecule has 0 saturated heterocycles. The van der Waals surface area contributed by atoms with E-state index in [0.717, 1.165) is 11.6 Å². The van der Waals surface area contributed by atoms with Gasteiger partial charge >= 0.3 is 5.97 Å². The minimum Gasteiger partial charge on any atom is -0.496 e. The van der Waals surface area contributed by atoms with Gasteiger partial charge in [-0.05, 0) is 6.07 Å². The van der Waals surface area contributed by atoms with E-state index in [1.807, 2.05) is 0 Å². The van der Waals surface area contributed by atoms with Crippen molar-refractivity contribution < 1.29 is 24.1 Å². The second kappa shape index (κ2) is 7.10. The van der Waals surface area contributed by atoms with E-state index in [2.05, 4.69) is 0 Å². The Morgan fingerprint density at radius 2 is 1.58 bits per heavy atom. The van der Waals surface area contributed by atoms with Crippen LogP contribution in [-0.2, 0) is 4.79 Å². The van der Waals surface area contributed by atoms with Crippen LogP contribution in [0.3, 0.4) is 0 Å². The number of aliphatic carboxylic acids is 1. The third-order valence-electron chi connectivity index (χ3n) is 2.36. The highest BCUT2D eigenvalue weighted by atomic mass is 16.5. The Hall–Kier alpha value is -2.43. The van der Waals surface area contributed by atoms with E-state index in [0.29, 0.717) is 17.2 Å². The van der Waals surface area contributed by atoms with Crippen molar-refractivity contribution in [1.29, 1.82) is 0 Å². The maximum absolute atomic E-state index is 10.3. The first kappa shape index (κ1) is 14.6. The average Bonchev–Trinajstić information content (AvgIpc) is 2.42. The minimum absolute atomic E-state index is 0.567. The summed E-state index contributed by atoms with van der Waals surface area (Å²) in [4.78, 5) is 10.3. The third kappa shape index (κ3) is 4.06. The van der Waals surface area contributed by atoms with Gasteiger partial charge in [-0.3, -0.25) is 0 Å². The van der Waals surface area contributed by atoms with Gasteiger partial charge in [-0.2, -0.15) is 0 Å². The van der Waals surface area contributed by atoms with Crippen LogP contribution in [0.25, 0.3) is 6.08 Å². The highest BCUT2D eigenvalue weighted by molar-refractivity contribution is 5.80. The van der Waals surface area contributed by atoms with Gasteiger partial charge in [-0.1, -0.05) is 18.2 Å². The number of rotatable bonds is 6. The molecule has 19 heavy (non-hydrogen) atoms. The van der Waals surface area contributed by atoms with Crippen LogP contribution in [0.15, 0.2) is 30.4 Å². The van der Waals surface area contributed by atoms with Crippen LogP contribution in [0.1, 0.15) is 5.56 Å². The Bertz CT molecular complexity index is 503. The molecule has 0 aromatic heterocycles. The molecule has 0 amide bonds. The Balaban J connectivity index is 3.08. The number of carboxylic acid groups (broad SMARTS) is 1. The fourth-order valence-corrected chi connectivity index (χ4v) is 1.48. The highest BCUT2D eigenvalue weighted by Crippen LogP contribution is 2.35. The number of hydrogen-bond donors (Lipinski definition) is 1. The third-order valence-corrected chi connectivity index (χ3v) is 2.36. The summed E-state index contributed by atoms with van der Waals surface area (Å²) < 4.78 is 15.6. The van der Waals surface area contributed by atoms with Gasteiger partial charge in [-0.15, -0.1) is 0 Å². The lowest BCUT2D eigenvalue weighted by atomic mass is 10.1. The first-order valence-electron chi connectivity index (χ1n) is 5.50. The van der Waals surface area contributed by atoms with Crippen molar-refractivity contribution in [1.82, 2.24) is 0 Å². The molecule has 0 fully saturated rings. The maximum Gasteiger partial charge on any atom is 0.328 e. The topological polar surface area (TPSA) is 65.0 Å². The summed E-state index contributed by atoms with van der Waals surface area (Å²) >= 11 is 0. The molecule has 5 heteroatoms. The van der Waals surface area contributed by atoms with Gasteiger partial charge in [-0.25, -0.2) is 4.79 Å². The van der Waals surface area contributed by atoms with Crippen molar-refractivity contribution in [2.75, 3.05) is 21.3 Å². The smallest absolute Gasteiger partial charge is 0.328 e. The van der Waals surface area contributed by atoms with Gasteiger partial charge in [0.25, 0.3) is 0 Å². The van der Waals surface area contributed by atoms with Crippen LogP contribution in [0.5, 0.6) is 17.2 Å². The molecule has 0 aliphatic rings. The van der Waals surface area contributed by atoms with Gasteiger partial charge < -0.3 is 19.3 Å². The minimum atomic E-state index is -0.996. The van der Waals surface area contributed by atoms with Crippen LogP contribution < -0.4 is 14.2 Å². The van der Waals surface area contributed by atoms with Crippen molar-refractivity contribution >= 4 is 12.0 Å². The van der Waals surface area contributed by atoms with Crippen molar-refractivity contribution in [2.24, 2.45) is 0 Å². The molecule has 1 rings (SSSR count). The van der Waals surface area contributed by atoms with E-state index in [-0.39, 0.29) is 0 Å². The molecule has 0 bridgehead atoms. The summed E-state index contributed by atoms with van der Waals surface area (Å²) in [7, 11) is 4.64. The molecule has 0 spiro atoms. The Morgan fingerprint density at radius 1 is 1.00 bits per heavy atom. The first-order valence-corrected chi connectivity index (χ1v) is 5.50. The molecular weight excluding hydrogens is 248 g/mol. The number of methoxy groups -OCH3 is 3. The number of allylic oxidation sites excluding steroid dienone is 2. The first-order chi connectivity index (χ1) is 9.12. The molecule has 5 nitrogen and oxygen atoms in total.